The molecule has 1 N–H and O–H groups in total. The molecule has 0 saturated carbocycles. The number of hydrogen-bond donors (Lipinski definition) is 1. The molecule has 2 unspecified atom stereocenters. The van der Waals surface area contributed by atoms with E-state index in [1.165, 1.54) is 0 Å². The molecule has 13 heavy (non-hydrogen) atoms. The van der Waals surface area contributed by atoms with Crippen molar-refractivity contribution in [2.24, 2.45) is 0 Å². The van der Waals surface area contributed by atoms with Crippen molar-refractivity contribution in [1.82, 2.24) is 0 Å². The van der Waals surface area contributed by atoms with E-state index in [4.69, 9.17) is 10.00 Å². The summed E-state index contributed by atoms with van der Waals surface area (Å²) in [6.45, 7) is 0. The van der Waals surface area contributed by atoms with Gasteiger partial charge in [0.25, 0.3) is 0 Å². The van der Waals surface area contributed by atoms with Gasteiger partial charge in [-0.25, -0.2) is 0 Å². The number of nitrogens with zero attached hydrogens (tertiary/aromatic N) is 1. The van der Waals surface area contributed by atoms with Gasteiger partial charge in [-0.05, 0) is 19.3 Å². The standard InChI is InChI=1S/C10H15NO2/c11-5-1-4-10(12)6-8-2-3-9(7-10)13-8/h8-9,12H,1-4,6-7H2. The average molecular weight is 181 g/mol. The summed E-state index contributed by atoms with van der Waals surface area (Å²) in [4.78, 5) is 0. The zero-order valence-electron chi connectivity index (χ0n) is 7.70. The second-order valence-electron chi connectivity index (χ2n) is 4.25. The zero-order chi connectivity index (χ0) is 9.31. The molecule has 0 aromatic heterocycles. The molecule has 0 aliphatic carbocycles. The van der Waals surface area contributed by atoms with E-state index in [9.17, 15) is 5.11 Å². The van der Waals surface area contributed by atoms with Crippen LogP contribution < -0.4 is 0 Å². The van der Waals surface area contributed by atoms with Gasteiger partial charge < -0.3 is 9.84 Å². The van der Waals surface area contributed by atoms with Crippen LogP contribution in [0.1, 0.15) is 38.5 Å². The minimum atomic E-state index is -0.611. The Morgan fingerprint density at radius 1 is 1.38 bits per heavy atom. The lowest BCUT2D eigenvalue weighted by Gasteiger charge is -2.35. The van der Waals surface area contributed by atoms with Crippen LogP contribution >= 0.6 is 0 Å². The van der Waals surface area contributed by atoms with Gasteiger partial charge >= 0.3 is 0 Å². The fourth-order valence-electron chi connectivity index (χ4n) is 2.50. The van der Waals surface area contributed by atoms with E-state index in [-0.39, 0.29) is 12.2 Å². The Balaban J connectivity index is 1.96. The van der Waals surface area contributed by atoms with E-state index >= 15 is 0 Å². The Morgan fingerprint density at radius 2 is 2.00 bits per heavy atom. The van der Waals surface area contributed by atoms with Crippen molar-refractivity contribution in [1.29, 1.82) is 5.26 Å². The molecule has 2 fully saturated rings. The fourth-order valence-corrected chi connectivity index (χ4v) is 2.50. The fraction of sp³-hybridized carbons (Fsp3) is 0.900. The molecule has 2 bridgehead atoms. The molecule has 0 radical (unpaired) electrons. The highest BCUT2D eigenvalue weighted by Gasteiger charge is 2.43. The highest BCUT2D eigenvalue weighted by atomic mass is 16.5. The highest BCUT2D eigenvalue weighted by molar-refractivity contribution is 4.95. The second kappa shape index (κ2) is 3.28. The van der Waals surface area contributed by atoms with Gasteiger partial charge in [0, 0.05) is 19.3 Å². The Bertz CT molecular complexity index is 222. The Morgan fingerprint density at radius 3 is 2.54 bits per heavy atom. The van der Waals surface area contributed by atoms with Crippen LogP contribution in [-0.2, 0) is 4.74 Å². The predicted molar refractivity (Wildman–Crippen MR) is 46.9 cm³/mol. The Kier molecular flexibility index (Phi) is 2.27. The monoisotopic (exact) mass is 181 g/mol. The third-order valence-corrected chi connectivity index (χ3v) is 3.11. The quantitative estimate of drug-likeness (QED) is 0.699. The Hall–Kier alpha value is -0.590. The van der Waals surface area contributed by atoms with Gasteiger partial charge in [0.15, 0.2) is 0 Å². The summed E-state index contributed by atoms with van der Waals surface area (Å²) in [5.41, 5.74) is -0.611. The summed E-state index contributed by atoms with van der Waals surface area (Å²) in [6, 6.07) is 2.09. The third kappa shape index (κ3) is 1.84. The van der Waals surface area contributed by atoms with Gasteiger partial charge in [0.1, 0.15) is 0 Å². The molecule has 0 spiro atoms. The molecule has 72 valence electrons. The smallest absolute Gasteiger partial charge is 0.0707 e. The lowest BCUT2D eigenvalue weighted by Crippen LogP contribution is -2.40. The number of rotatable bonds is 2. The van der Waals surface area contributed by atoms with Crippen molar-refractivity contribution < 1.29 is 9.84 Å². The maximum absolute atomic E-state index is 10.2. The largest absolute Gasteiger partial charge is 0.390 e. The predicted octanol–water partition coefficient (Wildman–Crippen LogP) is 1.36. The van der Waals surface area contributed by atoms with E-state index in [1.54, 1.807) is 0 Å². The summed E-state index contributed by atoms with van der Waals surface area (Å²) in [6.07, 6.45) is 5.19. The molecule has 0 aromatic carbocycles. The van der Waals surface area contributed by atoms with E-state index in [1.807, 2.05) is 0 Å². The summed E-state index contributed by atoms with van der Waals surface area (Å²) in [7, 11) is 0. The summed E-state index contributed by atoms with van der Waals surface area (Å²) in [5.74, 6) is 0. The van der Waals surface area contributed by atoms with E-state index in [2.05, 4.69) is 6.07 Å². The molecule has 0 amide bonds. The first-order chi connectivity index (χ1) is 6.22. The van der Waals surface area contributed by atoms with Gasteiger partial charge in [-0.15, -0.1) is 0 Å². The maximum Gasteiger partial charge on any atom is 0.0707 e. The minimum absolute atomic E-state index is 0.252. The molecule has 2 heterocycles. The normalized spacial score (nSPS) is 43.1. The molecular formula is C10H15NO2. The SMILES string of the molecule is N#CCCC1(O)CC2CCC(C1)O2. The number of aliphatic hydroxyl groups is 1. The highest BCUT2D eigenvalue weighted by Crippen LogP contribution is 2.40. The van der Waals surface area contributed by atoms with Crippen LogP contribution in [0, 0.1) is 11.3 Å². The average Bonchev–Trinajstić information content (AvgIpc) is 2.43. The van der Waals surface area contributed by atoms with Crippen LogP contribution in [-0.4, -0.2) is 22.9 Å². The topological polar surface area (TPSA) is 53.2 Å². The van der Waals surface area contributed by atoms with Crippen molar-refractivity contribution >= 4 is 0 Å². The van der Waals surface area contributed by atoms with Crippen LogP contribution in [0.15, 0.2) is 0 Å². The molecular weight excluding hydrogens is 166 g/mol. The number of fused-ring (bicyclic) bond motifs is 2. The lowest BCUT2D eigenvalue weighted by atomic mass is 9.86. The van der Waals surface area contributed by atoms with Crippen molar-refractivity contribution in [2.75, 3.05) is 0 Å². The van der Waals surface area contributed by atoms with Gasteiger partial charge in [-0.2, -0.15) is 5.26 Å². The van der Waals surface area contributed by atoms with Crippen LogP contribution in [0.2, 0.25) is 0 Å². The van der Waals surface area contributed by atoms with Gasteiger partial charge in [-0.3, -0.25) is 0 Å². The van der Waals surface area contributed by atoms with Crippen LogP contribution in [0.25, 0.3) is 0 Å². The van der Waals surface area contributed by atoms with E-state index < -0.39 is 5.60 Å². The molecule has 2 saturated heterocycles. The molecule has 0 aromatic rings. The third-order valence-electron chi connectivity index (χ3n) is 3.11. The number of ether oxygens (including phenoxy) is 1. The van der Waals surface area contributed by atoms with Gasteiger partial charge in [-0.1, -0.05) is 0 Å². The van der Waals surface area contributed by atoms with Crippen LogP contribution in [0.3, 0.4) is 0 Å². The second-order valence-corrected chi connectivity index (χ2v) is 4.25. The van der Waals surface area contributed by atoms with Gasteiger partial charge in [0.2, 0.25) is 0 Å². The van der Waals surface area contributed by atoms with E-state index in [0.717, 1.165) is 25.7 Å². The van der Waals surface area contributed by atoms with Crippen molar-refractivity contribution in [3.05, 3.63) is 0 Å². The minimum Gasteiger partial charge on any atom is -0.390 e. The molecule has 3 nitrogen and oxygen atoms in total. The first-order valence-electron chi connectivity index (χ1n) is 4.97. The Labute approximate surface area is 78.3 Å². The first kappa shape index (κ1) is 8.98. The van der Waals surface area contributed by atoms with Crippen molar-refractivity contribution in [3.63, 3.8) is 0 Å². The zero-order valence-corrected chi connectivity index (χ0v) is 7.70. The summed E-state index contributed by atoms with van der Waals surface area (Å²) >= 11 is 0. The molecule has 2 atom stereocenters. The maximum atomic E-state index is 10.2. The number of nitriles is 1. The molecule has 2 aliphatic heterocycles. The summed E-state index contributed by atoms with van der Waals surface area (Å²) < 4.78 is 5.63. The van der Waals surface area contributed by atoms with Crippen molar-refractivity contribution in [3.8, 4) is 6.07 Å². The van der Waals surface area contributed by atoms with Crippen LogP contribution in [0.4, 0.5) is 0 Å². The molecule has 2 aliphatic rings. The number of hydrogen-bond acceptors (Lipinski definition) is 3. The molecule has 3 heteroatoms. The van der Waals surface area contributed by atoms with Crippen molar-refractivity contribution in [2.45, 2.75) is 56.3 Å². The van der Waals surface area contributed by atoms with Gasteiger partial charge in [0.05, 0.1) is 23.9 Å². The first-order valence-corrected chi connectivity index (χ1v) is 4.97. The molecule has 2 rings (SSSR count). The van der Waals surface area contributed by atoms with Crippen LogP contribution in [0.5, 0.6) is 0 Å². The lowest BCUT2D eigenvalue weighted by molar-refractivity contribution is -0.113. The summed E-state index contributed by atoms with van der Waals surface area (Å²) in [5, 5.41) is 18.6. The van der Waals surface area contributed by atoms with E-state index in [0.29, 0.717) is 12.8 Å².